The summed E-state index contributed by atoms with van der Waals surface area (Å²) < 4.78 is 5.64. The number of hydrogen-bond acceptors (Lipinski definition) is 3. The second kappa shape index (κ2) is 6.40. The van der Waals surface area contributed by atoms with Crippen LogP contribution in [0.3, 0.4) is 0 Å². The lowest BCUT2D eigenvalue weighted by molar-refractivity contribution is 0.0919. The lowest BCUT2D eigenvalue weighted by atomic mass is 9.96. The van der Waals surface area contributed by atoms with Crippen molar-refractivity contribution >= 4 is 5.78 Å². The molecule has 0 aromatic heterocycles. The molecular weight excluding hydrogens is 214 g/mol. The van der Waals surface area contributed by atoms with Crippen LogP contribution in [0.25, 0.3) is 0 Å². The normalized spacial score (nSPS) is 12.5. The second-order valence-corrected chi connectivity index (χ2v) is 4.51. The van der Waals surface area contributed by atoms with Gasteiger partial charge in [-0.1, -0.05) is 19.1 Å². The summed E-state index contributed by atoms with van der Waals surface area (Å²) in [5, 5.41) is 0. The molecule has 17 heavy (non-hydrogen) atoms. The Kier molecular flexibility index (Phi) is 5.16. The number of benzene rings is 1. The van der Waals surface area contributed by atoms with Crippen molar-refractivity contribution in [3.05, 3.63) is 29.8 Å². The van der Waals surface area contributed by atoms with Crippen molar-refractivity contribution in [3.8, 4) is 5.75 Å². The number of rotatable bonds is 6. The van der Waals surface area contributed by atoms with Crippen LogP contribution < -0.4 is 10.5 Å². The standard InChI is InChI=1S/C14H21NO2/c1-10(2)17-13-7-5-4-6-12(13)14(16)11(3)8-9-15/h4-7,10-11H,8-9,15H2,1-3H3. The van der Waals surface area contributed by atoms with Gasteiger partial charge in [0.2, 0.25) is 0 Å². The van der Waals surface area contributed by atoms with E-state index in [0.29, 0.717) is 24.3 Å². The average Bonchev–Trinajstić information content (AvgIpc) is 2.28. The average molecular weight is 235 g/mol. The SMILES string of the molecule is CC(C)Oc1ccccc1C(=O)C(C)CCN. The van der Waals surface area contributed by atoms with Gasteiger partial charge in [0, 0.05) is 5.92 Å². The smallest absolute Gasteiger partial charge is 0.169 e. The maximum absolute atomic E-state index is 12.2. The Balaban J connectivity index is 2.92. The van der Waals surface area contributed by atoms with Gasteiger partial charge in [0.05, 0.1) is 11.7 Å². The molecule has 1 aromatic carbocycles. The largest absolute Gasteiger partial charge is 0.490 e. The molecule has 0 radical (unpaired) electrons. The van der Waals surface area contributed by atoms with Crippen molar-refractivity contribution in [2.24, 2.45) is 11.7 Å². The van der Waals surface area contributed by atoms with E-state index >= 15 is 0 Å². The highest BCUT2D eigenvalue weighted by Gasteiger charge is 2.18. The minimum atomic E-state index is -0.0584. The Bertz CT molecular complexity index is 374. The summed E-state index contributed by atoms with van der Waals surface area (Å²) in [5.74, 6) is 0.708. The Hall–Kier alpha value is -1.35. The molecule has 3 nitrogen and oxygen atoms in total. The molecule has 2 N–H and O–H groups in total. The van der Waals surface area contributed by atoms with Gasteiger partial charge in [-0.05, 0) is 38.9 Å². The maximum Gasteiger partial charge on any atom is 0.169 e. The molecule has 0 aliphatic rings. The number of ether oxygens (including phenoxy) is 1. The molecule has 0 amide bonds. The zero-order chi connectivity index (χ0) is 12.8. The molecule has 0 fully saturated rings. The molecular formula is C14H21NO2. The molecule has 1 rings (SSSR count). The van der Waals surface area contributed by atoms with E-state index in [4.69, 9.17) is 10.5 Å². The van der Waals surface area contributed by atoms with Crippen LogP contribution in [0.15, 0.2) is 24.3 Å². The number of Topliss-reactive ketones (excluding diaryl/α,β-unsaturated/α-hetero) is 1. The summed E-state index contributed by atoms with van der Waals surface area (Å²) in [6.07, 6.45) is 0.767. The van der Waals surface area contributed by atoms with Crippen LogP contribution in [-0.4, -0.2) is 18.4 Å². The summed E-state index contributed by atoms with van der Waals surface area (Å²) in [6.45, 7) is 6.33. The van der Waals surface area contributed by atoms with Gasteiger partial charge < -0.3 is 10.5 Å². The quantitative estimate of drug-likeness (QED) is 0.771. The molecule has 0 spiro atoms. The van der Waals surface area contributed by atoms with Crippen molar-refractivity contribution < 1.29 is 9.53 Å². The van der Waals surface area contributed by atoms with E-state index in [9.17, 15) is 4.79 Å². The van der Waals surface area contributed by atoms with Gasteiger partial charge in [-0.2, -0.15) is 0 Å². The molecule has 0 heterocycles. The van der Waals surface area contributed by atoms with Gasteiger partial charge in [-0.15, -0.1) is 0 Å². The Morgan fingerprint density at radius 3 is 2.53 bits per heavy atom. The van der Waals surface area contributed by atoms with Crippen LogP contribution >= 0.6 is 0 Å². The number of ketones is 1. The summed E-state index contributed by atoms with van der Waals surface area (Å²) in [7, 11) is 0. The maximum atomic E-state index is 12.2. The van der Waals surface area contributed by atoms with Gasteiger partial charge in [-0.3, -0.25) is 4.79 Å². The third-order valence-electron chi connectivity index (χ3n) is 2.56. The van der Waals surface area contributed by atoms with Crippen LogP contribution in [0, 0.1) is 5.92 Å². The van der Waals surface area contributed by atoms with E-state index in [1.165, 1.54) is 0 Å². The van der Waals surface area contributed by atoms with E-state index < -0.39 is 0 Å². The first kappa shape index (κ1) is 13.7. The molecule has 0 aliphatic carbocycles. The summed E-state index contributed by atoms with van der Waals surface area (Å²) >= 11 is 0. The molecule has 94 valence electrons. The minimum Gasteiger partial charge on any atom is -0.490 e. The van der Waals surface area contributed by atoms with Crippen molar-refractivity contribution in [1.29, 1.82) is 0 Å². The van der Waals surface area contributed by atoms with Crippen LogP contribution in [0.2, 0.25) is 0 Å². The summed E-state index contributed by atoms with van der Waals surface area (Å²) in [6, 6.07) is 7.38. The van der Waals surface area contributed by atoms with Crippen LogP contribution in [0.4, 0.5) is 0 Å². The number of para-hydroxylation sites is 1. The lowest BCUT2D eigenvalue weighted by Gasteiger charge is -2.15. The van der Waals surface area contributed by atoms with Crippen LogP contribution in [-0.2, 0) is 0 Å². The second-order valence-electron chi connectivity index (χ2n) is 4.51. The van der Waals surface area contributed by atoms with Gasteiger partial charge in [0.15, 0.2) is 5.78 Å². The highest BCUT2D eigenvalue weighted by molar-refractivity contribution is 6.00. The number of carbonyl (C=O) groups is 1. The monoisotopic (exact) mass is 235 g/mol. The third kappa shape index (κ3) is 3.86. The predicted octanol–water partition coefficient (Wildman–Crippen LogP) is 2.64. The van der Waals surface area contributed by atoms with Gasteiger partial charge in [0.1, 0.15) is 5.75 Å². The molecule has 3 heteroatoms. The van der Waals surface area contributed by atoms with Crippen molar-refractivity contribution in [2.45, 2.75) is 33.3 Å². The minimum absolute atomic E-state index is 0.0584. The zero-order valence-electron chi connectivity index (χ0n) is 10.8. The third-order valence-corrected chi connectivity index (χ3v) is 2.56. The molecule has 1 atom stereocenters. The lowest BCUT2D eigenvalue weighted by Crippen LogP contribution is -2.17. The Morgan fingerprint density at radius 2 is 1.94 bits per heavy atom. The van der Waals surface area contributed by atoms with Gasteiger partial charge >= 0.3 is 0 Å². The van der Waals surface area contributed by atoms with Gasteiger partial charge in [-0.25, -0.2) is 0 Å². The highest BCUT2D eigenvalue weighted by Crippen LogP contribution is 2.23. The van der Waals surface area contributed by atoms with Crippen molar-refractivity contribution in [1.82, 2.24) is 0 Å². The molecule has 0 bridgehead atoms. The fraction of sp³-hybridized carbons (Fsp3) is 0.500. The first-order valence-corrected chi connectivity index (χ1v) is 6.06. The van der Waals surface area contributed by atoms with E-state index in [1.807, 2.05) is 45.0 Å². The van der Waals surface area contributed by atoms with Gasteiger partial charge in [0.25, 0.3) is 0 Å². The Labute approximate surface area is 103 Å². The fourth-order valence-corrected chi connectivity index (χ4v) is 1.67. The van der Waals surface area contributed by atoms with E-state index in [2.05, 4.69) is 0 Å². The predicted molar refractivity (Wildman–Crippen MR) is 69.4 cm³/mol. The summed E-state index contributed by atoms with van der Waals surface area (Å²) in [4.78, 5) is 12.2. The van der Waals surface area contributed by atoms with Crippen LogP contribution in [0.1, 0.15) is 37.6 Å². The van der Waals surface area contributed by atoms with E-state index in [1.54, 1.807) is 0 Å². The number of carbonyl (C=O) groups excluding carboxylic acids is 1. The first-order valence-electron chi connectivity index (χ1n) is 6.06. The van der Waals surface area contributed by atoms with E-state index in [-0.39, 0.29) is 17.8 Å². The number of nitrogens with two attached hydrogens (primary N) is 1. The molecule has 0 saturated carbocycles. The summed E-state index contributed by atoms with van der Waals surface area (Å²) in [5.41, 5.74) is 6.14. The zero-order valence-corrected chi connectivity index (χ0v) is 10.8. The van der Waals surface area contributed by atoms with Crippen molar-refractivity contribution in [3.63, 3.8) is 0 Å². The fourth-order valence-electron chi connectivity index (χ4n) is 1.67. The number of hydrogen-bond donors (Lipinski definition) is 1. The highest BCUT2D eigenvalue weighted by atomic mass is 16.5. The molecule has 1 aromatic rings. The van der Waals surface area contributed by atoms with Crippen molar-refractivity contribution in [2.75, 3.05) is 6.54 Å². The molecule has 0 saturated heterocycles. The Morgan fingerprint density at radius 1 is 1.29 bits per heavy atom. The topological polar surface area (TPSA) is 52.3 Å². The first-order chi connectivity index (χ1) is 8.06. The van der Waals surface area contributed by atoms with E-state index in [0.717, 1.165) is 0 Å². The molecule has 0 aliphatic heterocycles. The van der Waals surface area contributed by atoms with Crippen LogP contribution in [0.5, 0.6) is 5.75 Å². The molecule has 1 unspecified atom stereocenters.